The van der Waals surface area contributed by atoms with E-state index in [2.05, 4.69) is 0 Å². The van der Waals surface area contributed by atoms with Crippen LogP contribution < -0.4 is 10.1 Å². The Kier molecular flexibility index (Phi) is 5.58. The highest BCUT2D eigenvalue weighted by Crippen LogP contribution is 2.52. The lowest BCUT2D eigenvalue weighted by Crippen LogP contribution is -2.66. The van der Waals surface area contributed by atoms with Crippen molar-refractivity contribution in [2.24, 2.45) is 5.41 Å². The Morgan fingerprint density at radius 1 is 1.15 bits per heavy atom. The van der Waals surface area contributed by atoms with E-state index in [1.165, 1.54) is 43.7 Å². The van der Waals surface area contributed by atoms with Crippen molar-refractivity contribution in [2.75, 3.05) is 7.11 Å². The summed E-state index contributed by atoms with van der Waals surface area (Å²) in [5.41, 5.74) is -5.06. The van der Waals surface area contributed by atoms with E-state index in [-0.39, 0.29) is 36.4 Å². The van der Waals surface area contributed by atoms with Crippen LogP contribution in [0.15, 0.2) is 58.3 Å². The van der Waals surface area contributed by atoms with Crippen LogP contribution in [0.4, 0.5) is 13.2 Å². The van der Waals surface area contributed by atoms with Gasteiger partial charge in [0.15, 0.2) is 5.78 Å². The highest BCUT2D eigenvalue weighted by Gasteiger charge is 2.71. The summed E-state index contributed by atoms with van der Waals surface area (Å²) >= 11 is 0. The normalized spacial score (nSPS) is 22.1. The van der Waals surface area contributed by atoms with Gasteiger partial charge in [0.2, 0.25) is 5.54 Å². The number of carbonyl (C=O) groups is 3. The van der Waals surface area contributed by atoms with Crippen molar-refractivity contribution < 1.29 is 36.7 Å². The summed E-state index contributed by atoms with van der Waals surface area (Å²) in [5.74, 6) is -2.75. The maximum atomic E-state index is 14.8. The number of furan rings is 1. The molecule has 2 amide bonds. The van der Waals surface area contributed by atoms with Gasteiger partial charge in [-0.15, -0.1) is 0 Å². The number of rotatable bonds is 5. The van der Waals surface area contributed by atoms with E-state index in [9.17, 15) is 27.6 Å². The van der Waals surface area contributed by atoms with E-state index in [0.717, 1.165) is 4.90 Å². The van der Waals surface area contributed by atoms with Gasteiger partial charge in [-0.3, -0.25) is 14.4 Å². The summed E-state index contributed by atoms with van der Waals surface area (Å²) in [6.45, 7) is 3.19. The molecule has 2 aromatic rings. The molecule has 0 radical (unpaired) electrons. The van der Waals surface area contributed by atoms with Crippen LogP contribution in [-0.2, 0) is 16.1 Å². The van der Waals surface area contributed by atoms with Crippen molar-refractivity contribution in [3.05, 3.63) is 65.3 Å². The maximum Gasteiger partial charge on any atom is 0.425 e. The molecule has 0 bridgehead atoms. The molecule has 1 aliphatic carbocycles. The lowest BCUT2D eigenvalue weighted by atomic mass is 9.72. The third kappa shape index (κ3) is 3.76. The minimum Gasteiger partial charge on any atom is -0.497 e. The first kappa shape index (κ1) is 23.6. The molecule has 2 heterocycles. The number of alkyl halides is 3. The van der Waals surface area contributed by atoms with E-state index in [1.54, 1.807) is 19.9 Å². The third-order valence-electron chi connectivity index (χ3n) is 6.09. The van der Waals surface area contributed by atoms with Crippen LogP contribution in [0.1, 0.15) is 42.8 Å². The third-order valence-corrected chi connectivity index (χ3v) is 6.09. The van der Waals surface area contributed by atoms with Crippen molar-refractivity contribution in [1.82, 2.24) is 10.2 Å². The van der Waals surface area contributed by atoms with Gasteiger partial charge in [0.1, 0.15) is 11.5 Å². The van der Waals surface area contributed by atoms with Gasteiger partial charge < -0.3 is 19.4 Å². The Balaban J connectivity index is 1.84. The number of methoxy groups -OCH3 is 1. The van der Waals surface area contributed by atoms with Gasteiger partial charge in [-0.1, -0.05) is 13.8 Å². The average Bonchev–Trinajstić information content (AvgIpc) is 3.34. The molecule has 1 N–H and O–H groups in total. The molecule has 0 fully saturated rings. The zero-order chi connectivity index (χ0) is 24.9. The summed E-state index contributed by atoms with van der Waals surface area (Å²) in [6, 6.07) is 8.44. The number of nitrogens with one attached hydrogen (secondary N) is 1. The summed E-state index contributed by atoms with van der Waals surface area (Å²) in [5, 5.41) is 1.90. The van der Waals surface area contributed by atoms with Gasteiger partial charge in [0.25, 0.3) is 11.8 Å². The van der Waals surface area contributed by atoms with E-state index in [4.69, 9.17) is 9.15 Å². The van der Waals surface area contributed by atoms with Gasteiger partial charge in [0, 0.05) is 17.7 Å². The van der Waals surface area contributed by atoms with Crippen LogP contribution in [0, 0.1) is 5.41 Å². The fourth-order valence-corrected chi connectivity index (χ4v) is 4.54. The van der Waals surface area contributed by atoms with Crippen molar-refractivity contribution in [3.63, 3.8) is 0 Å². The van der Waals surface area contributed by atoms with E-state index in [0.29, 0.717) is 5.75 Å². The van der Waals surface area contributed by atoms with E-state index in [1.807, 2.05) is 5.32 Å². The molecular formula is C24H23F3N2O5. The molecule has 2 aliphatic rings. The molecule has 1 aromatic heterocycles. The zero-order valence-electron chi connectivity index (χ0n) is 18.8. The number of ether oxygens (including phenoxy) is 1. The number of carbonyl (C=O) groups excluding carboxylic acids is 3. The van der Waals surface area contributed by atoms with Crippen molar-refractivity contribution >= 4 is 17.6 Å². The molecule has 1 atom stereocenters. The summed E-state index contributed by atoms with van der Waals surface area (Å²) < 4.78 is 54.5. The molecule has 1 aliphatic heterocycles. The first-order valence-corrected chi connectivity index (χ1v) is 10.5. The van der Waals surface area contributed by atoms with Crippen LogP contribution in [0.5, 0.6) is 5.75 Å². The number of nitrogens with zero attached hydrogens (tertiary/aromatic N) is 1. The Bertz CT molecular complexity index is 1170. The number of ketones is 1. The molecule has 0 saturated carbocycles. The van der Waals surface area contributed by atoms with Crippen LogP contribution >= 0.6 is 0 Å². The molecule has 4 rings (SSSR count). The molecular weight excluding hydrogens is 453 g/mol. The number of amides is 2. The lowest BCUT2D eigenvalue weighted by Gasteiger charge is -2.35. The molecule has 34 heavy (non-hydrogen) atoms. The minimum absolute atomic E-state index is 0.0463. The lowest BCUT2D eigenvalue weighted by molar-refractivity contribution is -0.191. The molecule has 0 spiro atoms. The highest BCUT2D eigenvalue weighted by molar-refractivity contribution is 6.14. The topological polar surface area (TPSA) is 88.8 Å². The SMILES string of the molecule is COc1ccc(C(=O)NC2(C(F)(F)F)C(=O)N(Cc3ccco3)C3=C2C(=O)CC(C)(C)C3)cc1. The molecule has 180 valence electrons. The molecule has 10 heteroatoms. The molecule has 1 unspecified atom stereocenters. The van der Waals surface area contributed by atoms with Gasteiger partial charge in [-0.25, -0.2) is 0 Å². The fraction of sp³-hybridized carbons (Fsp3) is 0.375. The Hall–Kier alpha value is -3.56. The smallest absolute Gasteiger partial charge is 0.425 e. The predicted molar refractivity (Wildman–Crippen MR) is 114 cm³/mol. The maximum absolute atomic E-state index is 14.8. The monoisotopic (exact) mass is 476 g/mol. The second-order valence-corrected chi connectivity index (χ2v) is 9.16. The Morgan fingerprint density at radius 3 is 2.38 bits per heavy atom. The van der Waals surface area contributed by atoms with E-state index >= 15 is 0 Å². The first-order valence-electron chi connectivity index (χ1n) is 10.5. The fourth-order valence-electron chi connectivity index (χ4n) is 4.54. The quantitative estimate of drug-likeness (QED) is 0.705. The number of hydrogen-bond donors (Lipinski definition) is 1. The summed E-state index contributed by atoms with van der Waals surface area (Å²) in [6.07, 6.45) is -4.08. The molecule has 1 aromatic carbocycles. The molecule has 7 nitrogen and oxygen atoms in total. The zero-order valence-corrected chi connectivity index (χ0v) is 18.8. The number of Topliss-reactive ketones (excluding diaryl/α,β-unsaturated/α-hetero) is 1. The average molecular weight is 476 g/mol. The highest BCUT2D eigenvalue weighted by atomic mass is 19.4. The second-order valence-electron chi connectivity index (χ2n) is 9.16. The van der Waals surface area contributed by atoms with Crippen LogP contribution in [-0.4, -0.2) is 41.3 Å². The van der Waals surface area contributed by atoms with Gasteiger partial charge in [-0.05, 0) is 48.2 Å². The summed E-state index contributed by atoms with van der Waals surface area (Å²) in [7, 11) is 1.41. The van der Waals surface area contributed by atoms with E-state index < -0.39 is 40.3 Å². The van der Waals surface area contributed by atoms with Crippen molar-refractivity contribution in [2.45, 2.75) is 44.9 Å². The van der Waals surface area contributed by atoms with Crippen LogP contribution in [0.3, 0.4) is 0 Å². The second kappa shape index (κ2) is 8.03. The predicted octanol–water partition coefficient (Wildman–Crippen LogP) is 4.00. The van der Waals surface area contributed by atoms with Gasteiger partial charge in [-0.2, -0.15) is 13.2 Å². The number of halogens is 3. The molecule has 0 saturated heterocycles. The Morgan fingerprint density at radius 2 is 1.82 bits per heavy atom. The Labute approximate surface area is 193 Å². The minimum atomic E-state index is -5.28. The largest absolute Gasteiger partial charge is 0.497 e. The number of benzene rings is 1. The van der Waals surface area contributed by atoms with Crippen molar-refractivity contribution in [1.29, 1.82) is 0 Å². The van der Waals surface area contributed by atoms with Crippen LogP contribution in [0.25, 0.3) is 0 Å². The summed E-state index contributed by atoms with van der Waals surface area (Å²) in [4.78, 5) is 40.5. The van der Waals surface area contributed by atoms with Crippen LogP contribution in [0.2, 0.25) is 0 Å². The van der Waals surface area contributed by atoms with Gasteiger partial charge in [0.05, 0.1) is 25.5 Å². The van der Waals surface area contributed by atoms with Crippen molar-refractivity contribution in [3.8, 4) is 5.75 Å². The number of hydrogen-bond acceptors (Lipinski definition) is 5. The van der Waals surface area contributed by atoms with Gasteiger partial charge >= 0.3 is 6.18 Å². The first-order chi connectivity index (χ1) is 15.9. The standard InChI is InChI=1S/C24H23F3N2O5/c1-22(2)11-17-19(18(30)12-22)23(24(25,26)27,21(32)29(17)13-16-5-4-10-34-16)28-20(31)14-6-8-15(33-3)9-7-14/h4-10H,11-13H2,1-3H3,(H,28,31). The number of allylic oxidation sites excluding steroid dienone is 1.